The summed E-state index contributed by atoms with van der Waals surface area (Å²) in [5.74, 6) is 1.97. The Morgan fingerprint density at radius 2 is 2.11 bits per heavy atom. The predicted molar refractivity (Wildman–Crippen MR) is 68.6 cm³/mol. The van der Waals surface area contributed by atoms with E-state index in [1.54, 1.807) is 0 Å². The van der Waals surface area contributed by atoms with Gasteiger partial charge in [0.15, 0.2) is 0 Å². The van der Waals surface area contributed by atoms with Crippen molar-refractivity contribution < 1.29 is 9.59 Å². The zero-order chi connectivity index (χ0) is 12.9. The minimum atomic E-state index is -0.0347. The van der Waals surface area contributed by atoms with Gasteiger partial charge < -0.3 is 0 Å². The highest BCUT2D eigenvalue weighted by molar-refractivity contribution is 5.99. The minimum absolute atomic E-state index is 0.00694. The van der Waals surface area contributed by atoms with E-state index >= 15 is 0 Å². The second-order valence-electron chi connectivity index (χ2n) is 7.08. The topological polar surface area (TPSA) is 46.2 Å². The fourth-order valence-corrected chi connectivity index (χ4v) is 4.90. The molecular weight excluding hydrogens is 226 g/mol. The zero-order valence-electron chi connectivity index (χ0n) is 11.4. The molecule has 3 fully saturated rings. The molecule has 1 N–H and O–H groups in total. The van der Waals surface area contributed by atoms with Gasteiger partial charge in [0.25, 0.3) is 0 Å². The highest BCUT2D eigenvalue weighted by Crippen LogP contribution is 2.62. The number of piperidine rings is 1. The summed E-state index contributed by atoms with van der Waals surface area (Å²) < 4.78 is 0. The average Bonchev–Trinajstić information content (AvgIpc) is 2.83. The van der Waals surface area contributed by atoms with Gasteiger partial charge in [0.05, 0.1) is 0 Å². The van der Waals surface area contributed by atoms with Crippen molar-refractivity contribution in [2.75, 3.05) is 0 Å². The molecule has 2 amide bonds. The molecule has 0 aromatic carbocycles. The molecule has 100 valence electrons. The van der Waals surface area contributed by atoms with Gasteiger partial charge >= 0.3 is 0 Å². The first-order valence-electron chi connectivity index (χ1n) is 7.35. The standard InChI is InChI=1S/C15H23NO2/c1-9(2)5-12-14(18)16-13(17)8-15(12)7-10-3-4-11(15)6-10/h9-12H,3-8H2,1-2H3,(H,16,17,18). The number of hydrogen-bond acceptors (Lipinski definition) is 2. The normalized spacial score (nSPS) is 42.9. The number of hydrogen-bond donors (Lipinski definition) is 1. The fraction of sp³-hybridized carbons (Fsp3) is 0.867. The lowest BCUT2D eigenvalue weighted by Crippen LogP contribution is -2.54. The van der Waals surface area contributed by atoms with Crippen molar-refractivity contribution in [3.05, 3.63) is 0 Å². The lowest BCUT2D eigenvalue weighted by atomic mass is 9.59. The lowest BCUT2D eigenvalue weighted by Gasteiger charge is -2.46. The SMILES string of the molecule is CC(C)CC1C(=O)NC(=O)CC12CC1CCC2C1. The number of carbonyl (C=O) groups is 2. The van der Waals surface area contributed by atoms with Crippen LogP contribution in [-0.2, 0) is 9.59 Å². The predicted octanol–water partition coefficient (Wildman–Crippen LogP) is 2.50. The van der Waals surface area contributed by atoms with Gasteiger partial charge in [0.2, 0.25) is 11.8 Å². The first-order valence-corrected chi connectivity index (χ1v) is 7.35. The van der Waals surface area contributed by atoms with Gasteiger partial charge in [-0.15, -0.1) is 0 Å². The van der Waals surface area contributed by atoms with Crippen molar-refractivity contribution in [2.24, 2.45) is 29.1 Å². The Bertz CT molecular complexity index is 390. The van der Waals surface area contributed by atoms with Crippen molar-refractivity contribution in [1.82, 2.24) is 5.32 Å². The van der Waals surface area contributed by atoms with E-state index in [1.807, 2.05) is 0 Å². The molecule has 3 heteroatoms. The zero-order valence-corrected chi connectivity index (χ0v) is 11.4. The van der Waals surface area contributed by atoms with Gasteiger partial charge in [-0.25, -0.2) is 0 Å². The Hall–Kier alpha value is -0.860. The van der Waals surface area contributed by atoms with E-state index in [9.17, 15) is 9.59 Å². The van der Waals surface area contributed by atoms with Crippen LogP contribution in [-0.4, -0.2) is 11.8 Å². The van der Waals surface area contributed by atoms with Crippen molar-refractivity contribution in [3.8, 4) is 0 Å². The molecule has 3 rings (SSSR count). The summed E-state index contributed by atoms with van der Waals surface area (Å²) >= 11 is 0. The molecule has 2 aliphatic carbocycles. The Labute approximate surface area is 109 Å². The van der Waals surface area contributed by atoms with E-state index in [1.165, 1.54) is 19.3 Å². The molecule has 1 heterocycles. The van der Waals surface area contributed by atoms with E-state index in [0.29, 0.717) is 18.3 Å². The summed E-state index contributed by atoms with van der Waals surface area (Å²) in [7, 11) is 0. The fourth-order valence-electron chi connectivity index (χ4n) is 4.90. The van der Waals surface area contributed by atoms with E-state index in [2.05, 4.69) is 19.2 Å². The maximum atomic E-state index is 12.2. The molecule has 4 atom stereocenters. The van der Waals surface area contributed by atoms with E-state index in [4.69, 9.17) is 0 Å². The van der Waals surface area contributed by atoms with Crippen LogP contribution < -0.4 is 5.32 Å². The van der Waals surface area contributed by atoms with Crippen LogP contribution in [0.2, 0.25) is 0 Å². The number of nitrogens with one attached hydrogen (secondary N) is 1. The number of imide groups is 1. The van der Waals surface area contributed by atoms with Crippen LogP contribution in [0, 0.1) is 29.1 Å². The van der Waals surface area contributed by atoms with Gasteiger partial charge in [-0.2, -0.15) is 0 Å². The number of rotatable bonds is 2. The smallest absolute Gasteiger partial charge is 0.230 e. The van der Waals surface area contributed by atoms with Crippen LogP contribution in [0.4, 0.5) is 0 Å². The van der Waals surface area contributed by atoms with Gasteiger partial charge in [-0.05, 0) is 48.9 Å². The minimum Gasteiger partial charge on any atom is -0.296 e. The summed E-state index contributed by atoms with van der Waals surface area (Å²) in [6, 6.07) is 0. The van der Waals surface area contributed by atoms with Crippen molar-refractivity contribution in [3.63, 3.8) is 0 Å². The van der Waals surface area contributed by atoms with E-state index < -0.39 is 0 Å². The highest BCUT2D eigenvalue weighted by atomic mass is 16.2. The van der Waals surface area contributed by atoms with Crippen LogP contribution in [0.3, 0.4) is 0 Å². The van der Waals surface area contributed by atoms with Gasteiger partial charge in [0, 0.05) is 12.3 Å². The van der Waals surface area contributed by atoms with E-state index in [-0.39, 0.29) is 23.1 Å². The maximum absolute atomic E-state index is 12.2. The molecule has 3 aliphatic rings. The monoisotopic (exact) mass is 249 g/mol. The molecule has 18 heavy (non-hydrogen) atoms. The van der Waals surface area contributed by atoms with Gasteiger partial charge in [-0.3, -0.25) is 14.9 Å². The van der Waals surface area contributed by atoms with Crippen molar-refractivity contribution in [1.29, 1.82) is 0 Å². The molecule has 0 radical (unpaired) electrons. The summed E-state index contributed by atoms with van der Waals surface area (Å²) in [5, 5.41) is 2.57. The van der Waals surface area contributed by atoms with Crippen molar-refractivity contribution >= 4 is 11.8 Å². The molecule has 0 aromatic rings. The quantitative estimate of drug-likeness (QED) is 0.764. The first-order chi connectivity index (χ1) is 8.51. The first kappa shape index (κ1) is 12.2. The molecule has 2 bridgehead atoms. The Morgan fingerprint density at radius 1 is 1.33 bits per heavy atom. The van der Waals surface area contributed by atoms with Gasteiger partial charge in [0.1, 0.15) is 0 Å². The third kappa shape index (κ3) is 1.70. The summed E-state index contributed by atoms with van der Waals surface area (Å²) in [5.41, 5.74) is 0.0204. The lowest BCUT2D eigenvalue weighted by molar-refractivity contribution is -0.147. The average molecular weight is 249 g/mol. The van der Waals surface area contributed by atoms with Crippen LogP contribution in [0.15, 0.2) is 0 Å². The van der Waals surface area contributed by atoms with Gasteiger partial charge in [-0.1, -0.05) is 20.3 Å². The van der Waals surface area contributed by atoms with E-state index in [0.717, 1.165) is 18.8 Å². The highest BCUT2D eigenvalue weighted by Gasteiger charge is 2.59. The molecular formula is C15H23NO2. The maximum Gasteiger partial charge on any atom is 0.230 e. The van der Waals surface area contributed by atoms with Crippen LogP contribution in [0.5, 0.6) is 0 Å². The molecule has 1 saturated heterocycles. The third-order valence-electron chi connectivity index (χ3n) is 5.49. The Balaban J connectivity index is 1.92. The Morgan fingerprint density at radius 3 is 2.67 bits per heavy atom. The van der Waals surface area contributed by atoms with Crippen LogP contribution >= 0.6 is 0 Å². The number of carbonyl (C=O) groups excluding carboxylic acids is 2. The summed E-state index contributed by atoms with van der Waals surface area (Å²) in [4.78, 5) is 24.1. The van der Waals surface area contributed by atoms with Crippen LogP contribution in [0.25, 0.3) is 0 Å². The van der Waals surface area contributed by atoms with Crippen LogP contribution in [0.1, 0.15) is 52.4 Å². The molecule has 3 nitrogen and oxygen atoms in total. The summed E-state index contributed by atoms with van der Waals surface area (Å²) in [6.45, 7) is 4.34. The number of fused-ring (bicyclic) bond motifs is 3. The second kappa shape index (κ2) is 4.07. The molecule has 1 aliphatic heterocycles. The second-order valence-corrected chi connectivity index (χ2v) is 7.08. The Kier molecular flexibility index (Phi) is 2.76. The third-order valence-corrected chi connectivity index (χ3v) is 5.49. The largest absolute Gasteiger partial charge is 0.296 e. The molecule has 4 unspecified atom stereocenters. The molecule has 1 spiro atoms. The molecule has 2 saturated carbocycles. The molecule has 0 aromatic heterocycles. The number of amides is 2. The summed E-state index contributed by atoms with van der Waals surface area (Å²) in [6.07, 6.45) is 6.46. The van der Waals surface area contributed by atoms with Crippen molar-refractivity contribution in [2.45, 2.75) is 52.4 Å².